The molecule has 2 N–H and O–H groups in total. The molecule has 1 aromatic heterocycles. The highest BCUT2D eigenvalue weighted by Crippen LogP contribution is 2.22. The normalized spacial score (nSPS) is 12.7. The Kier molecular flexibility index (Phi) is 3.99. The lowest BCUT2D eigenvalue weighted by Gasteiger charge is -2.12. The molecule has 3 rings (SSSR count). The molecule has 1 heterocycles. The number of hydrogen-bond donors (Lipinski definition) is 1. The third-order valence-corrected chi connectivity index (χ3v) is 4.57. The third-order valence-electron chi connectivity index (χ3n) is 3.83. The number of hydrogen-bond acceptors (Lipinski definition) is 3. The smallest absolute Gasteiger partial charge is 0.111 e. The van der Waals surface area contributed by atoms with Gasteiger partial charge < -0.3 is 10.3 Å². The van der Waals surface area contributed by atoms with Crippen LogP contribution in [0.15, 0.2) is 53.4 Å². The Hall–Kier alpha value is -1.78. The minimum Gasteiger partial charge on any atom is -0.331 e. The number of imidazole rings is 1. The second kappa shape index (κ2) is 5.92. The lowest BCUT2D eigenvalue weighted by Crippen LogP contribution is -2.15. The summed E-state index contributed by atoms with van der Waals surface area (Å²) in [5.41, 5.74) is 9.68. The Labute approximate surface area is 129 Å². The molecule has 4 heteroatoms. The number of fused-ring (bicyclic) bond motifs is 1. The van der Waals surface area contributed by atoms with E-state index in [1.807, 2.05) is 25.2 Å². The summed E-state index contributed by atoms with van der Waals surface area (Å²) in [5, 5.41) is 0. The van der Waals surface area contributed by atoms with E-state index in [4.69, 9.17) is 10.7 Å². The molecule has 21 heavy (non-hydrogen) atoms. The molecule has 1 atom stereocenters. The molecule has 0 aliphatic heterocycles. The minimum absolute atomic E-state index is 0.0311. The van der Waals surface area contributed by atoms with Crippen molar-refractivity contribution in [1.82, 2.24) is 9.55 Å². The first-order valence-corrected chi connectivity index (χ1v) is 8.21. The van der Waals surface area contributed by atoms with Crippen LogP contribution in [0.25, 0.3) is 11.0 Å². The van der Waals surface area contributed by atoms with Gasteiger partial charge in [0, 0.05) is 24.4 Å². The molecule has 0 saturated heterocycles. The van der Waals surface area contributed by atoms with Crippen LogP contribution in [0.4, 0.5) is 0 Å². The van der Waals surface area contributed by atoms with Crippen molar-refractivity contribution in [2.75, 3.05) is 6.26 Å². The van der Waals surface area contributed by atoms with Gasteiger partial charge in [0.1, 0.15) is 5.82 Å². The molecular formula is C17H19N3S. The van der Waals surface area contributed by atoms with E-state index in [0.29, 0.717) is 0 Å². The van der Waals surface area contributed by atoms with E-state index in [0.717, 1.165) is 28.8 Å². The SMILES string of the molecule is CSc1ccc(C(N)Cc2nc3ccccc3n2C)cc1. The zero-order chi connectivity index (χ0) is 14.8. The highest BCUT2D eigenvalue weighted by atomic mass is 32.2. The fourth-order valence-corrected chi connectivity index (χ4v) is 2.95. The topological polar surface area (TPSA) is 43.8 Å². The van der Waals surface area contributed by atoms with Gasteiger partial charge in [0.25, 0.3) is 0 Å². The number of thioether (sulfide) groups is 1. The number of benzene rings is 2. The van der Waals surface area contributed by atoms with E-state index < -0.39 is 0 Å². The zero-order valence-electron chi connectivity index (χ0n) is 12.3. The summed E-state index contributed by atoms with van der Waals surface area (Å²) in [6.45, 7) is 0. The fraction of sp³-hybridized carbons (Fsp3) is 0.235. The molecule has 2 aromatic carbocycles. The lowest BCUT2D eigenvalue weighted by atomic mass is 10.0. The van der Waals surface area contributed by atoms with Crippen molar-refractivity contribution in [3.05, 3.63) is 59.9 Å². The third kappa shape index (κ3) is 2.82. The van der Waals surface area contributed by atoms with Crippen LogP contribution in [-0.2, 0) is 13.5 Å². The van der Waals surface area contributed by atoms with E-state index in [-0.39, 0.29) is 6.04 Å². The van der Waals surface area contributed by atoms with Gasteiger partial charge >= 0.3 is 0 Å². The maximum absolute atomic E-state index is 6.35. The molecule has 0 amide bonds. The fourth-order valence-electron chi connectivity index (χ4n) is 2.54. The maximum atomic E-state index is 6.35. The number of para-hydroxylation sites is 2. The number of aromatic nitrogens is 2. The summed E-state index contributed by atoms with van der Waals surface area (Å²) in [4.78, 5) is 5.95. The van der Waals surface area contributed by atoms with Crippen molar-refractivity contribution in [2.45, 2.75) is 17.4 Å². The molecule has 0 aliphatic carbocycles. The van der Waals surface area contributed by atoms with Gasteiger partial charge in [-0.25, -0.2) is 4.98 Å². The van der Waals surface area contributed by atoms with Crippen LogP contribution in [0.2, 0.25) is 0 Å². The predicted octanol–water partition coefficient (Wildman–Crippen LogP) is 3.54. The van der Waals surface area contributed by atoms with Gasteiger partial charge in [-0.05, 0) is 36.1 Å². The Morgan fingerprint density at radius 1 is 1.14 bits per heavy atom. The highest BCUT2D eigenvalue weighted by Gasteiger charge is 2.13. The average Bonchev–Trinajstić information content (AvgIpc) is 2.84. The van der Waals surface area contributed by atoms with Gasteiger partial charge in [0.05, 0.1) is 11.0 Å². The molecule has 1 unspecified atom stereocenters. The summed E-state index contributed by atoms with van der Waals surface area (Å²) < 4.78 is 2.13. The van der Waals surface area contributed by atoms with Crippen LogP contribution in [-0.4, -0.2) is 15.8 Å². The van der Waals surface area contributed by atoms with Crippen molar-refractivity contribution in [1.29, 1.82) is 0 Å². The molecule has 0 bridgehead atoms. The molecule has 3 aromatic rings. The lowest BCUT2D eigenvalue weighted by molar-refractivity contribution is 0.664. The van der Waals surface area contributed by atoms with Gasteiger partial charge in [-0.3, -0.25) is 0 Å². The molecule has 0 saturated carbocycles. The van der Waals surface area contributed by atoms with Crippen LogP contribution in [0, 0.1) is 0 Å². The second-order valence-corrected chi connectivity index (χ2v) is 6.04. The van der Waals surface area contributed by atoms with E-state index in [1.165, 1.54) is 4.90 Å². The van der Waals surface area contributed by atoms with Crippen molar-refractivity contribution < 1.29 is 0 Å². The van der Waals surface area contributed by atoms with Crippen LogP contribution in [0.5, 0.6) is 0 Å². The quantitative estimate of drug-likeness (QED) is 0.749. The molecular weight excluding hydrogens is 278 g/mol. The zero-order valence-corrected chi connectivity index (χ0v) is 13.1. The first-order valence-electron chi connectivity index (χ1n) is 6.99. The maximum Gasteiger partial charge on any atom is 0.111 e. The van der Waals surface area contributed by atoms with E-state index in [1.54, 1.807) is 11.8 Å². The number of nitrogens with two attached hydrogens (primary N) is 1. The largest absolute Gasteiger partial charge is 0.331 e. The molecule has 0 radical (unpaired) electrons. The monoisotopic (exact) mass is 297 g/mol. The molecule has 0 fully saturated rings. The van der Waals surface area contributed by atoms with E-state index >= 15 is 0 Å². The van der Waals surface area contributed by atoms with Crippen LogP contribution in [0.3, 0.4) is 0 Å². The predicted molar refractivity (Wildman–Crippen MR) is 89.6 cm³/mol. The van der Waals surface area contributed by atoms with Crippen molar-refractivity contribution >= 4 is 22.8 Å². The van der Waals surface area contributed by atoms with E-state index in [2.05, 4.69) is 41.2 Å². The van der Waals surface area contributed by atoms with Gasteiger partial charge in [-0.1, -0.05) is 24.3 Å². The van der Waals surface area contributed by atoms with Gasteiger partial charge in [-0.15, -0.1) is 11.8 Å². The summed E-state index contributed by atoms with van der Waals surface area (Å²) in [6.07, 6.45) is 2.82. The van der Waals surface area contributed by atoms with Crippen molar-refractivity contribution in [3.8, 4) is 0 Å². The molecule has 0 spiro atoms. The first kappa shape index (κ1) is 14.2. The van der Waals surface area contributed by atoms with Gasteiger partial charge in [0.2, 0.25) is 0 Å². The van der Waals surface area contributed by atoms with Crippen molar-refractivity contribution in [3.63, 3.8) is 0 Å². The van der Waals surface area contributed by atoms with Crippen LogP contribution >= 0.6 is 11.8 Å². The van der Waals surface area contributed by atoms with Crippen LogP contribution in [0.1, 0.15) is 17.4 Å². The number of aryl methyl sites for hydroxylation is 1. The second-order valence-electron chi connectivity index (χ2n) is 5.16. The van der Waals surface area contributed by atoms with Crippen LogP contribution < -0.4 is 5.73 Å². The number of nitrogens with zero attached hydrogens (tertiary/aromatic N) is 2. The standard InChI is InChI=1S/C17H19N3S/c1-20-16-6-4-3-5-15(16)19-17(20)11-14(18)12-7-9-13(21-2)10-8-12/h3-10,14H,11,18H2,1-2H3. The summed E-state index contributed by atoms with van der Waals surface area (Å²) in [6, 6.07) is 16.6. The summed E-state index contributed by atoms with van der Waals surface area (Å²) in [7, 11) is 2.05. The van der Waals surface area contributed by atoms with E-state index in [9.17, 15) is 0 Å². The van der Waals surface area contributed by atoms with Gasteiger partial charge in [0.15, 0.2) is 0 Å². The summed E-state index contributed by atoms with van der Waals surface area (Å²) in [5.74, 6) is 1.03. The molecule has 108 valence electrons. The Bertz CT molecular complexity index is 746. The Morgan fingerprint density at radius 3 is 2.52 bits per heavy atom. The Balaban J connectivity index is 1.85. The Morgan fingerprint density at radius 2 is 1.86 bits per heavy atom. The highest BCUT2D eigenvalue weighted by molar-refractivity contribution is 7.98. The van der Waals surface area contributed by atoms with Gasteiger partial charge in [-0.2, -0.15) is 0 Å². The number of rotatable bonds is 4. The molecule has 0 aliphatic rings. The average molecular weight is 297 g/mol. The first-order chi connectivity index (χ1) is 10.2. The molecule has 3 nitrogen and oxygen atoms in total. The van der Waals surface area contributed by atoms with Crippen molar-refractivity contribution in [2.24, 2.45) is 12.8 Å². The summed E-state index contributed by atoms with van der Waals surface area (Å²) >= 11 is 1.74. The minimum atomic E-state index is -0.0311.